The number of allylic oxidation sites excluding steroid dienone is 6. The first kappa shape index (κ1) is 109. The van der Waals surface area contributed by atoms with Crippen LogP contribution in [0.4, 0.5) is 0 Å². The topological polar surface area (TPSA) is 151 Å². The Hall–Kier alpha value is -9.99. The van der Waals surface area contributed by atoms with Gasteiger partial charge < -0.3 is 15.3 Å². The number of aliphatic hydroxyl groups excluding tert-OH is 3. The normalized spacial score (nSPS) is 11.4. The molecule has 3 aromatic heterocycles. The van der Waals surface area contributed by atoms with Crippen molar-refractivity contribution in [1.29, 1.82) is 0 Å². The SMILES string of the molecule is CC(C)CC(=O)C=C(O)CC(C)C.CC(C)CC(=O)C=C(O)CC(C)C.CC(C)CC(=O)C=C(O)CC(C)C.Cc1[c-]c(-c2cc(CC(C)C)c3cc(-c4ccccc4)ccc3n2)cc(C)c1.Cc1[c-]c(-c2cc(CC(C)C)c3cc(-c4ccccc4C)ccc3n2)cc(C)c1.Cc1ccc(-c2cc(-c3[c-]ccc(-c4ccccc4)c3)nc3ccccc23)cc1.[Ir].[Ir].[Ir]. The largest absolute Gasteiger partial charge is 0.512 e. The summed E-state index contributed by atoms with van der Waals surface area (Å²) in [6, 6.07) is 91.9. The van der Waals surface area contributed by atoms with Crippen molar-refractivity contribution in [3.63, 3.8) is 0 Å². The molecular weight excluding hydrogens is 2110 g/mol. The molecule has 0 fully saturated rings. The van der Waals surface area contributed by atoms with Crippen LogP contribution in [0.2, 0.25) is 0 Å². The Labute approximate surface area is 806 Å². The Morgan fingerprint density at radius 2 is 0.664 bits per heavy atom. The molecule has 0 aliphatic carbocycles. The van der Waals surface area contributed by atoms with Crippen molar-refractivity contribution in [1.82, 2.24) is 15.0 Å². The van der Waals surface area contributed by atoms with Crippen molar-refractivity contribution in [2.45, 2.75) is 204 Å². The minimum Gasteiger partial charge on any atom is -0.512 e. The zero-order valence-corrected chi connectivity index (χ0v) is 86.5. The molecule has 128 heavy (non-hydrogen) atoms. The Morgan fingerprint density at radius 3 is 1.07 bits per heavy atom. The minimum absolute atomic E-state index is 0. The summed E-state index contributed by atoms with van der Waals surface area (Å²) in [5, 5.41) is 31.7. The van der Waals surface area contributed by atoms with E-state index in [0.29, 0.717) is 85.9 Å². The van der Waals surface area contributed by atoms with Crippen LogP contribution in [0.5, 0.6) is 0 Å². The van der Waals surface area contributed by atoms with Crippen molar-refractivity contribution in [3.8, 4) is 78.3 Å². The van der Waals surface area contributed by atoms with Crippen LogP contribution in [0.25, 0.3) is 111 Å². The van der Waals surface area contributed by atoms with Crippen LogP contribution < -0.4 is 0 Å². The van der Waals surface area contributed by atoms with Gasteiger partial charge in [-0.3, -0.25) is 29.3 Å². The molecular formula is C116H134Ir3N3O6-3. The second-order valence-electron chi connectivity index (χ2n) is 36.9. The second kappa shape index (κ2) is 53.8. The van der Waals surface area contributed by atoms with E-state index in [4.69, 9.17) is 15.0 Å². The minimum atomic E-state index is 0. The van der Waals surface area contributed by atoms with Gasteiger partial charge in [-0.1, -0.05) is 302 Å². The fraction of sp³-hybridized carbons (Fsp3) is 0.328. The number of para-hydroxylation sites is 1. The number of carbonyl (C=O) groups is 3. The number of fused-ring (bicyclic) bond motifs is 3. The number of rotatable bonds is 26. The maximum Gasteiger partial charge on any atom is 0.159 e. The van der Waals surface area contributed by atoms with Gasteiger partial charge in [-0.05, 0) is 177 Å². The van der Waals surface area contributed by atoms with E-state index in [2.05, 4.69) is 300 Å². The Morgan fingerprint density at radius 1 is 0.305 bits per heavy atom. The predicted molar refractivity (Wildman–Crippen MR) is 529 cm³/mol. The Balaban J connectivity index is 0.000000282. The van der Waals surface area contributed by atoms with Gasteiger partial charge in [0.25, 0.3) is 0 Å². The quantitative estimate of drug-likeness (QED) is 0.0273. The number of pyridine rings is 3. The molecule has 9 nitrogen and oxygen atoms in total. The van der Waals surface area contributed by atoms with E-state index in [1.54, 1.807) is 0 Å². The molecule has 3 N–H and O–H groups in total. The van der Waals surface area contributed by atoms with Crippen LogP contribution in [0.1, 0.15) is 194 Å². The molecule has 0 saturated carbocycles. The fourth-order valence-electron chi connectivity index (χ4n) is 15.1. The molecule has 0 atom stereocenters. The van der Waals surface area contributed by atoms with Gasteiger partial charge in [0.1, 0.15) is 0 Å². The van der Waals surface area contributed by atoms with Gasteiger partial charge in [0.2, 0.25) is 0 Å². The second-order valence-corrected chi connectivity index (χ2v) is 36.9. The summed E-state index contributed by atoms with van der Waals surface area (Å²) < 4.78 is 0. The average Bonchev–Trinajstić information content (AvgIpc) is 0.784. The van der Waals surface area contributed by atoms with E-state index < -0.39 is 0 Å². The van der Waals surface area contributed by atoms with Crippen molar-refractivity contribution in [3.05, 3.63) is 329 Å². The van der Waals surface area contributed by atoms with Crippen LogP contribution in [0.3, 0.4) is 0 Å². The van der Waals surface area contributed by atoms with Crippen LogP contribution >= 0.6 is 0 Å². The van der Waals surface area contributed by atoms with Gasteiger partial charge in [-0.25, -0.2) is 0 Å². The summed E-state index contributed by atoms with van der Waals surface area (Å²) in [5.74, 6) is 4.10. The number of aliphatic hydroxyl groups is 3. The maximum absolute atomic E-state index is 11.2. The van der Waals surface area contributed by atoms with Crippen molar-refractivity contribution in [2.75, 3.05) is 0 Å². The molecule has 10 aromatic carbocycles. The molecule has 0 saturated heterocycles. The molecule has 0 spiro atoms. The van der Waals surface area contributed by atoms with Crippen LogP contribution in [-0.2, 0) is 87.5 Å². The monoisotopic (exact) mass is 2240 g/mol. The van der Waals surface area contributed by atoms with Crippen molar-refractivity contribution >= 4 is 50.1 Å². The summed E-state index contributed by atoms with van der Waals surface area (Å²) >= 11 is 0. The van der Waals surface area contributed by atoms with Gasteiger partial charge in [0.05, 0.1) is 33.8 Å². The van der Waals surface area contributed by atoms with Gasteiger partial charge >= 0.3 is 0 Å². The summed E-state index contributed by atoms with van der Waals surface area (Å²) in [4.78, 5) is 48.6. The first-order valence-electron chi connectivity index (χ1n) is 44.7. The van der Waals surface area contributed by atoms with Gasteiger partial charge in [0, 0.05) is 133 Å². The van der Waals surface area contributed by atoms with Crippen LogP contribution in [-0.4, -0.2) is 47.6 Å². The standard InChI is InChI=1S/C28H20N.C28H28N.C27H26N.3C11H20O2.3Ir/c1-20-14-16-22(17-15-20)26-19-28(29-27-13-6-5-12-25(26)27)24-11-7-10-23(18-24)21-8-3-2-4-9-21;1-18(2)12-23-17-28(24-14-19(3)13-20(4)15-24)29-27-11-10-22(16-26(23)27)25-9-7-6-8-21(25)5;1-18(2)12-23-17-27(24-14-19(3)13-20(4)15-24)28-26-11-10-22(16-25(23)26)21-8-6-5-7-9-21;3*1-8(2)5-10(12)7-11(13)6-9(3)4;;;/h2-10,12-19H,1H3;6-11,13-14,16-18H,12H2,1-5H3;5-11,13-14,16-18H,12H2,1-4H3;3*7-9,12H,5-6H2,1-4H3;;;/q3*-1;;;;;;. The van der Waals surface area contributed by atoms with Gasteiger partial charge in [0.15, 0.2) is 17.3 Å². The number of benzene rings is 10. The summed E-state index contributed by atoms with van der Waals surface area (Å²) in [7, 11) is 0. The van der Waals surface area contributed by atoms with E-state index in [1.165, 1.54) is 112 Å². The third-order valence-electron chi connectivity index (χ3n) is 20.4. The number of aromatic nitrogens is 3. The van der Waals surface area contributed by atoms with Gasteiger partial charge in [-0.15, -0.1) is 105 Å². The molecule has 0 unspecified atom stereocenters. The molecule has 0 amide bonds. The molecule has 3 radical (unpaired) electrons. The van der Waals surface area contributed by atoms with Gasteiger partial charge in [-0.2, -0.15) is 0 Å². The molecule has 13 rings (SSSR count). The molecule has 13 aromatic rings. The number of carbonyl (C=O) groups excluding carboxylic acids is 3. The smallest absolute Gasteiger partial charge is 0.159 e. The Kier molecular flexibility index (Phi) is 45.7. The fourth-order valence-corrected chi connectivity index (χ4v) is 15.1. The molecule has 0 aliphatic heterocycles. The summed E-state index contributed by atoms with van der Waals surface area (Å²) in [6.07, 6.45) is 9.47. The Bertz CT molecular complexity index is 5680. The number of hydrogen-bond donors (Lipinski definition) is 3. The predicted octanol–water partition coefficient (Wildman–Crippen LogP) is 31.3. The molecule has 0 aliphatic rings. The first-order valence-corrected chi connectivity index (χ1v) is 44.7. The van der Waals surface area contributed by atoms with Crippen molar-refractivity contribution in [2.24, 2.45) is 47.3 Å². The third-order valence-corrected chi connectivity index (χ3v) is 20.4. The molecule has 0 bridgehead atoms. The van der Waals surface area contributed by atoms with Crippen LogP contribution in [0.15, 0.2) is 266 Å². The first-order chi connectivity index (χ1) is 59.4. The third kappa shape index (κ3) is 36.2. The molecule has 3 heterocycles. The van der Waals surface area contributed by atoms with E-state index in [9.17, 15) is 29.7 Å². The zero-order chi connectivity index (χ0) is 91.1. The van der Waals surface area contributed by atoms with E-state index in [1.807, 2.05) is 101 Å². The van der Waals surface area contributed by atoms with Crippen LogP contribution in [0, 0.1) is 107 Å². The number of hydrogen-bond acceptors (Lipinski definition) is 9. The molecule has 12 heteroatoms. The number of ketones is 3. The van der Waals surface area contributed by atoms with Crippen molar-refractivity contribution < 1.29 is 90.0 Å². The summed E-state index contributed by atoms with van der Waals surface area (Å²) in [6.45, 7) is 45.9. The number of aryl methyl sites for hydroxylation is 6. The average molecular weight is 2240 g/mol. The van der Waals surface area contributed by atoms with E-state index in [-0.39, 0.29) is 94.9 Å². The zero-order valence-electron chi connectivity index (χ0n) is 79.4. The van der Waals surface area contributed by atoms with E-state index >= 15 is 0 Å². The van der Waals surface area contributed by atoms with E-state index in [0.717, 1.165) is 74.3 Å². The summed E-state index contributed by atoms with van der Waals surface area (Å²) in [5.41, 5.74) is 29.1. The molecule has 679 valence electrons. The maximum atomic E-state index is 11.2. The number of nitrogens with zero attached hydrogens (tertiary/aromatic N) is 3.